The van der Waals surface area contributed by atoms with Gasteiger partial charge in [0.15, 0.2) is 5.65 Å². The largest absolute Gasteiger partial charge is 0.497 e. The van der Waals surface area contributed by atoms with Crippen LogP contribution in [0, 0.1) is 3.70 Å². The number of hydrogen-bond acceptors (Lipinski definition) is 6. The van der Waals surface area contributed by atoms with E-state index in [1.807, 2.05) is 22.9 Å². The van der Waals surface area contributed by atoms with Gasteiger partial charge in [0.25, 0.3) is 0 Å². The lowest BCUT2D eigenvalue weighted by Crippen LogP contribution is -2.05. The predicted molar refractivity (Wildman–Crippen MR) is 103 cm³/mol. The number of fused-ring (bicyclic) bond motifs is 1. The number of rotatable bonds is 6. The molecule has 2 heterocycles. The molecule has 0 radical (unpaired) electrons. The Labute approximate surface area is 158 Å². The van der Waals surface area contributed by atoms with Crippen LogP contribution >= 0.6 is 22.6 Å². The number of halogens is 1. The van der Waals surface area contributed by atoms with Crippen LogP contribution in [0.4, 0.5) is 5.82 Å². The highest BCUT2D eigenvalue weighted by Crippen LogP contribution is 2.38. The quantitative estimate of drug-likeness (QED) is 0.580. The molecule has 1 aliphatic carbocycles. The van der Waals surface area contributed by atoms with Gasteiger partial charge in [-0.05, 0) is 47.6 Å². The molecule has 1 saturated carbocycles. The smallest absolute Gasteiger partial charge is 0.164 e. The highest BCUT2D eigenvalue weighted by Gasteiger charge is 2.28. The van der Waals surface area contributed by atoms with Crippen LogP contribution in [-0.4, -0.2) is 34.0 Å². The van der Waals surface area contributed by atoms with Crippen LogP contribution in [-0.2, 0) is 6.54 Å². The Morgan fingerprint density at radius 2 is 2.08 bits per heavy atom. The Kier molecular flexibility index (Phi) is 4.36. The normalized spacial score (nSPS) is 13.9. The van der Waals surface area contributed by atoms with Crippen molar-refractivity contribution in [2.45, 2.75) is 25.4 Å². The molecule has 0 aliphatic heterocycles. The van der Waals surface area contributed by atoms with Crippen LogP contribution in [0.5, 0.6) is 11.5 Å². The molecule has 0 atom stereocenters. The van der Waals surface area contributed by atoms with Gasteiger partial charge in [0.05, 0.1) is 25.6 Å². The van der Waals surface area contributed by atoms with Crippen molar-refractivity contribution in [2.75, 3.05) is 19.5 Å². The summed E-state index contributed by atoms with van der Waals surface area (Å²) >= 11 is 2.25. The van der Waals surface area contributed by atoms with Crippen molar-refractivity contribution in [1.29, 1.82) is 0 Å². The summed E-state index contributed by atoms with van der Waals surface area (Å²) in [6.45, 7) is 0.587. The fourth-order valence-corrected chi connectivity index (χ4v) is 3.55. The summed E-state index contributed by atoms with van der Waals surface area (Å²) in [7, 11) is 3.30. The average molecular weight is 451 g/mol. The highest BCUT2D eigenvalue weighted by atomic mass is 127. The molecule has 0 spiro atoms. The molecule has 8 heteroatoms. The van der Waals surface area contributed by atoms with Crippen molar-refractivity contribution >= 4 is 39.4 Å². The van der Waals surface area contributed by atoms with E-state index in [1.54, 1.807) is 20.5 Å². The molecule has 7 nitrogen and oxygen atoms in total. The fourth-order valence-electron chi connectivity index (χ4n) is 2.82. The van der Waals surface area contributed by atoms with Gasteiger partial charge in [-0.2, -0.15) is 5.10 Å². The second-order valence-electron chi connectivity index (χ2n) is 5.92. The molecule has 4 rings (SSSR count). The number of nitrogens with one attached hydrogen (secondary N) is 1. The zero-order chi connectivity index (χ0) is 17.4. The Hall–Kier alpha value is -2.10. The van der Waals surface area contributed by atoms with E-state index in [9.17, 15) is 0 Å². The highest BCUT2D eigenvalue weighted by molar-refractivity contribution is 14.1. The summed E-state index contributed by atoms with van der Waals surface area (Å²) in [5, 5.41) is 9.02. The van der Waals surface area contributed by atoms with Crippen LogP contribution in [0.2, 0.25) is 0 Å². The van der Waals surface area contributed by atoms with Crippen molar-refractivity contribution in [3.63, 3.8) is 0 Å². The van der Waals surface area contributed by atoms with Crippen LogP contribution in [0.1, 0.15) is 24.4 Å². The number of benzene rings is 1. The van der Waals surface area contributed by atoms with Crippen LogP contribution in [0.25, 0.3) is 11.0 Å². The third-order valence-corrected chi connectivity index (χ3v) is 5.03. The van der Waals surface area contributed by atoms with Crippen LogP contribution in [0.15, 0.2) is 24.5 Å². The van der Waals surface area contributed by atoms with Crippen molar-refractivity contribution in [3.8, 4) is 11.5 Å². The average Bonchev–Trinajstić information content (AvgIpc) is 3.43. The van der Waals surface area contributed by atoms with E-state index in [0.717, 1.165) is 37.6 Å². The third-order valence-electron chi connectivity index (χ3n) is 4.28. The van der Waals surface area contributed by atoms with E-state index in [0.29, 0.717) is 12.6 Å². The lowest BCUT2D eigenvalue weighted by Gasteiger charge is -2.12. The lowest BCUT2D eigenvalue weighted by molar-refractivity contribution is 0.391. The summed E-state index contributed by atoms with van der Waals surface area (Å²) < 4.78 is 13.7. The SMILES string of the molecule is COc1ccc(CNc2ncnc3c2c(I)nn3C2CC2)c(OC)c1. The molecule has 0 saturated heterocycles. The maximum Gasteiger partial charge on any atom is 0.164 e. The molecular weight excluding hydrogens is 433 g/mol. The van der Waals surface area contributed by atoms with Gasteiger partial charge in [-0.25, -0.2) is 14.6 Å². The zero-order valence-corrected chi connectivity index (χ0v) is 16.1. The van der Waals surface area contributed by atoms with Gasteiger partial charge in [0.2, 0.25) is 0 Å². The van der Waals surface area contributed by atoms with Crippen molar-refractivity contribution in [3.05, 3.63) is 33.8 Å². The summed E-state index contributed by atoms with van der Waals surface area (Å²) in [6, 6.07) is 6.27. The zero-order valence-electron chi connectivity index (χ0n) is 14.0. The molecular formula is C17H18IN5O2. The topological polar surface area (TPSA) is 74.1 Å². The van der Waals surface area contributed by atoms with Crippen molar-refractivity contribution in [2.24, 2.45) is 0 Å². The van der Waals surface area contributed by atoms with E-state index in [2.05, 4.69) is 43.0 Å². The number of nitrogens with zero attached hydrogens (tertiary/aromatic N) is 4. The third kappa shape index (κ3) is 3.10. The van der Waals surface area contributed by atoms with Crippen LogP contribution in [0.3, 0.4) is 0 Å². The fraction of sp³-hybridized carbons (Fsp3) is 0.353. The molecule has 3 aromatic rings. The van der Waals surface area contributed by atoms with Gasteiger partial charge in [0, 0.05) is 18.2 Å². The van der Waals surface area contributed by atoms with Crippen molar-refractivity contribution < 1.29 is 9.47 Å². The first-order chi connectivity index (χ1) is 12.2. The maximum absolute atomic E-state index is 5.46. The van der Waals surface area contributed by atoms with Crippen molar-refractivity contribution in [1.82, 2.24) is 19.7 Å². The molecule has 1 fully saturated rings. The molecule has 1 aliphatic rings. The molecule has 0 amide bonds. The maximum atomic E-state index is 5.46. The molecule has 0 unspecified atom stereocenters. The van der Waals surface area contributed by atoms with Gasteiger partial charge < -0.3 is 14.8 Å². The standard InChI is InChI=1S/C17H18IN5O2/c1-24-12-6-3-10(13(7-12)25-2)8-19-16-14-15(18)22-23(11-4-5-11)17(14)21-9-20-16/h3,6-7,9,11H,4-5,8H2,1-2H3,(H,19,20,21). The first-order valence-corrected chi connectivity index (χ1v) is 9.12. The minimum absolute atomic E-state index is 0.482. The van der Waals surface area contributed by atoms with Gasteiger partial charge in [-0.3, -0.25) is 0 Å². The number of hydrogen-bond donors (Lipinski definition) is 1. The Bertz CT molecular complexity index is 923. The number of ether oxygens (including phenoxy) is 2. The first kappa shape index (κ1) is 16.4. The van der Waals surface area contributed by atoms with Crippen LogP contribution < -0.4 is 14.8 Å². The van der Waals surface area contributed by atoms with Gasteiger partial charge >= 0.3 is 0 Å². The summed E-state index contributed by atoms with van der Waals surface area (Å²) in [5.74, 6) is 2.34. The second-order valence-corrected chi connectivity index (χ2v) is 6.94. The Morgan fingerprint density at radius 1 is 1.24 bits per heavy atom. The molecule has 25 heavy (non-hydrogen) atoms. The lowest BCUT2D eigenvalue weighted by atomic mass is 10.2. The second kappa shape index (κ2) is 6.66. The Morgan fingerprint density at radius 3 is 2.80 bits per heavy atom. The van der Waals surface area contributed by atoms with Gasteiger partial charge in [-0.1, -0.05) is 0 Å². The van der Waals surface area contributed by atoms with E-state index in [1.165, 1.54) is 12.8 Å². The molecule has 2 aromatic heterocycles. The van der Waals surface area contributed by atoms with E-state index < -0.39 is 0 Å². The monoisotopic (exact) mass is 451 g/mol. The summed E-state index contributed by atoms with van der Waals surface area (Å²) in [6.07, 6.45) is 3.93. The van der Waals surface area contributed by atoms with E-state index in [4.69, 9.17) is 9.47 Å². The molecule has 1 aromatic carbocycles. The number of aromatic nitrogens is 4. The number of methoxy groups -OCH3 is 2. The molecule has 0 bridgehead atoms. The van der Waals surface area contributed by atoms with E-state index >= 15 is 0 Å². The Balaban J connectivity index is 1.63. The minimum Gasteiger partial charge on any atom is -0.497 e. The minimum atomic E-state index is 0.482. The van der Waals surface area contributed by atoms with Gasteiger partial charge in [-0.15, -0.1) is 0 Å². The first-order valence-electron chi connectivity index (χ1n) is 8.04. The molecule has 1 N–H and O–H groups in total. The number of anilines is 1. The van der Waals surface area contributed by atoms with Gasteiger partial charge in [0.1, 0.15) is 27.3 Å². The van der Waals surface area contributed by atoms with E-state index in [-0.39, 0.29) is 0 Å². The predicted octanol–water partition coefficient (Wildman–Crippen LogP) is 3.40. The summed E-state index contributed by atoms with van der Waals surface area (Å²) in [5.41, 5.74) is 1.92. The summed E-state index contributed by atoms with van der Waals surface area (Å²) in [4.78, 5) is 8.86. The molecule has 130 valence electrons.